The summed E-state index contributed by atoms with van der Waals surface area (Å²) in [4.78, 5) is 16.0. The molecule has 21 heavy (non-hydrogen) atoms. The van der Waals surface area contributed by atoms with Gasteiger partial charge in [-0.1, -0.05) is 0 Å². The predicted molar refractivity (Wildman–Crippen MR) is 73.5 cm³/mol. The highest BCUT2D eigenvalue weighted by Crippen LogP contribution is 2.18. The number of aromatic nitrogens is 3. The van der Waals surface area contributed by atoms with Crippen LogP contribution in [0.3, 0.4) is 0 Å². The van der Waals surface area contributed by atoms with Gasteiger partial charge in [-0.15, -0.1) is 0 Å². The van der Waals surface area contributed by atoms with Gasteiger partial charge in [-0.3, -0.25) is 4.79 Å². The third-order valence-corrected chi connectivity index (χ3v) is 3.40. The summed E-state index contributed by atoms with van der Waals surface area (Å²) in [5.41, 5.74) is 0.525. The van der Waals surface area contributed by atoms with Crippen molar-refractivity contribution in [3.05, 3.63) is 36.5 Å². The number of nitrogens with one attached hydrogen (secondary N) is 1. The molecule has 0 bridgehead atoms. The van der Waals surface area contributed by atoms with Crippen molar-refractivity contribution < 1.29 is 13.9 Å². The van der Waals surface area contributed by atoms with Crippen molar-refractivity contribution in [2.45, 2.75) is 12.8 Å². The summed E-state index contributed by atoms with van der Waals surface area (Å²) in [6.07, 6.45) is 5.94. The third-order valence-electron chi connectivity index (χ3n) is 3.40. The molecule has 0 unspecified atom stereocenters. The van der Waals surface area contributed by atoms with Crippen LogP contribution in [0.5, 0.6) is 0 Å². The van der Waals surface area contributed by atoms with Crippen molar-refractivity contribution in [2.24, 2.45) is 5.92 Å². The maximum atomic E-state index is 13.6. The van der Waals surface area contributed by atoms with Crippen LogP contribution in [-0.4, -0.2) is 33.9 Å². The topological polar surface area (TPSA) is 69.0 Å². The van der Waals surface area contributed by atoms with Crippen LogP contribution < -0.4 is 5.32 Å². The Morgan fingerprint density at radius 2 is 2.24 bits per heavy atom. The number of nitrogens with zero attached hydrogens (tertiary/aromatic N) is 3. The average Bonchev–Trinajstić information content (AvgIpc) is 2.97. The molecule has 1 N–H and O–H groups in total. The Kier molecular flexibility index (Phi) is 3.92. The summed E-state index contributed by atoms with van der Waals surface area (Å²) in [6.45, 7) is 1.22. The number of ether oxygens (including phenoxy) is 1. The second kappa shape index (κ2) is 6.01. The van der Waals surface area contributed by atoms with Gasteiger partial charge in [-0.25, -0.2) is 14.1 Å². The van der Waals surface area contributed by atoms with E-state index in [-0.39, 0.29) is 17.6 Å². The minimum atomic E-state index is -0.470. The molecular formula is C14H15FN4O2. The van der Waals surface area contributed by atoms with Gasteiger partial charge >= 0.3 is 0 Å². The van der Waals surface area contributed by atoms with E-state index in [1.54, 1.807) is 6.20 Å². The fraction of sp³-hybridized carbons (Fsp3) is 0.357. The van der Waals surface area contributed by atoms with Crippen LogP contribution in [0.2, 0.25) is 0 Å². The number of carbonyl (C=O) groups excluding carboxylic acids is 1. The number of halogens is 1. The SMILES string of the molecule is O=C(Nc1cnn(-c2ncccc2F)c1)C1CCOCC1. The van der Waals surface area contributed by atoms with Crippen LogP contribution in [0.1, 0.15) is 12.8 Å². The van der Waals surface area contributed by atoms with Crippen LogP contribution in [0.15, 0.2) is 30.7 Å². The molecule has 110 valence electrons. The first-order valence-corrected chi connectivity index (χ1v) is 6.78. The van der Waals surface area contributed by atoms with Gasteiger partial charge in [-0.2, -0.15) is 5.10 Å². The van der Waals surface area contributed by atoms with Gasteiger partial charge in [0, 0.05) is 25.3 Å². The zero-order valence-corrected chi connectivity index (χ0v) is 11.3. The van der Waals surface area contributed by atoms with E-state index in [4.69, 9.17) is 4.74 Å². The van der Waals surface area contributed by atoms with Crippen molar-refractivity contribution in [2.75, 3.05) is 18.5 Å². The van der Waals surface area contributed by atoms with Crippen molar-refractivity contribution in [3.8, 4) is 5.82 Å². The van der Waals surface area contributed by atoms with E-state index in [1.165, 1.54) is 29.2 Å². The minimum Gasteiger partial charge on any atom is -0.381 e. The Balaban J connectivity index is 1.70. The van der Waals surface area contributed by atoms with Gasteiger partial charge < -0.3 is 10.1 Å². The average molecular weight is 290 g/mol. The summed E-state index contributed by atoms with van der Waals surface area (Å²) in [6, 6.07) is 2.82. The zero-order valence-electron chi connectivity index (χ0n) is 11.3. The molecule has 0 spiro atoms. The molecule has 1 saturated heterocycles. The van der Waals surface area contributed by atoms with Crippen LogP contribution in [0.4, 0.5) is 10.1 Å². The highest BCUT2D eigenvalue weighted by atomic mass is 19.1. The van der Waals surface area contributed by atoms with Crippen LogP contribution >= 0.6 is 0 Å². The van der Waals surface area contributed by atoms with Gasteiger partial charge in [0.1, 0.15) is 0 Å². The molecule has 1 fully saturated rings. The Bertz CT molecular complexity index is 637. The van der Waals surface area contributed by atoms with Crippen LogP contribution in [0, 0.1) is 11.7 Å². The zero-order chi connectivity index (χ0) is 14.7. The predicted octanol–water partition coefficient (Wildman–Crippen LogP) is 1.77. The second-order valence-corrected chi connectivity index (χ2v) is 4.86. The Labute approximate surface area is 120 Å². The quantitative estimate of drug-likeness (QED) is 0.935. The fourth-order valence-electron chi connectivity index (χ4n) is 2.25. The third kappa shape index (κ3) is 3.08. The van der Waals surface area contributed by atoms with Crippen LogP contribution in [-0.2, 0) is 9.53 Å². The normalized spacial score (nSPS) is 15.9. The molecule has 6 nitrogen and oxygen atoms in total. The largest absolute Gasteiger partial charge is 0.381 e. The first-order valence-electron chi connectivity index (χ1n) is 6.78. The summed E-state index contributed by atoms with van der Waals surface area (Å²) in [7, 11) is 0. The van der Waals surface area contributed by atoms with E-state index in [9.17, 15) is 9.18 Å². The molecule has 0 atom stereocenters. The second-order valence-electron chi connectivity index (χ2n) is 4.86. The molecule has 0 saturated carbocycles. The van der Waals surface area contributed by atoms with E-state index in [1.807, 2.05) is 0 Å². The maximum absolute atomic E-state index is 13.6. The molecule has 3 heterocycles. The lowest BCUT2D eigenvalue weighted by atomic mass is 9.99. The van der Waals surface area contributed by atoms with Crippen molar-refractivity contribution in [3.63, 3.8) is 0 Å². The standard InChI is InChI=1S/C14H15FN4O2/c15-12-2-1-5-16-13(12)19-9-11(8-17-19)18-14(20)10-3-6-21-7-4-10/h1-2,5,8-10H,3-4,6-7H2,(H,18,20). The molecule has 1 amide bonds. The number of pyridine rings is 1. The Hall–Kier alpha value is -2.28. The minimum absolute atomic E-state index is 0.0475. The van der Waals surface area contributed by atoms with Gasteiger partial charge in [0.25, 0.3) is 0 Å². The Morgan fingerprint density at radius 3 is 3.00 bits per heavy atom. The molecule has 0 aromatic carbocycles. The first kappa shape index (κ1) is 13.7. The molecule has 3 rings (SSSR count). The van der Waals surface area contributed by atoms with Gasteiger partial charge in [0.2, 0.25) is 5.91 Å². The van der Waals surface area contributed by atoms with Crippen molar-refractivity contribution in [1.29, 1.82) is 0 Å². The monoisotopic (exact) mass is 290 g/mol. The first-order chi connectivity index (χ1) is 10.2. The van der Waals surface area contributed by atoms with Crippen molar-refractivity contribution in [1.82, 2.24) is 14.8 Å². The molecule has 7 heteroatoms. The lowest BCUT2D eigenvalue weighted by Gasteiger charge is -2.20. The van der Waals surface area contributed by atoms with E-state index in [0.717, 1.165) is 12.8 Å². The highest BCUT2D eigenvalue weighted by Gasteiger charge is 2.22. The lowest BCUT2D eigenvalue weighted by molar-refractivity contribution is -0.122. The lowest BCUT2D eigenvalue weighted by Crippen LogP contribution is -2.28. The van der Waals surface area contributed by atoms with Gasteiger partial charge in [-0.05, 0) is 25.0 Å². The van der Waals surface area contributed by atoms with Gasteiger partial charge in [0.15, 0.2) is 11.6 Å². The van der Waals surface area contributed by atoms with E-state index < -0.39 is 5.82 Å². The van der Waals surface area contributed by atoms with E-state index in [2.05, 4.69) is 15.4 Å². The van der Waals surface area contributed by atoms with Gasteiger partial charge in [0.05, 0.1) is 18.1 Å². The number of hydrogen-bond donors (Lipinski definition) is 1. The summed E-state index contributed by atoms with van der Waals surface area (Å²) >= 11 is 0. The van der Waals surface area contributed by atoms with Crippen LogP contribution in [0.25, 0.3) is 5.82 Å². The summed E-state index contributed by atoms with van der Waals surface area (Å²) in [5, 5.41) is 6.81. The molecule has 0 aliphatic carbocycles. The number of carbonyl (C=O) groups is 1. The molecule has 1 aliphatic rings. The maximum Gasteiger partial charge on any atom is 0.227 e. The van der Waals surface area contributed by atoms with E-state index in [0.29, 0.717) is 18.9 Å². The van der Waals surface area contributed by atoms with E-state index >= 15 is 0 Å². The number of rotatable bonds is 3. The van der Waals surface area contributed by atoms with Crippen molar-refractivity contribution >= 4 is 11.6 Å². The smallest absolute Gasteiger partial charge is 0.227 e. The molecule has 0 radical (unpaired) electrons. The number of hydrogen-bond acceptors (Lipinski definition) is 4. The fourth-order valence-corrected chi connectivity index (χ4v) is 2.25. The Morgan fingerprint density at radius 1 is 1.43 bits per heavy atom. The highest BCUT2D eigenvalue weighted by molar-refractivity contribution is 5.92. The molecular weight excluding hydrogens is 275 g/mol. The summed E-state index contributed by atoms with van der Waals surface area (Å²) in [5.74, 6) is -0.472. The molecule has 1 aliphatic heterocycles. The number of anilines is 1. The summed E-state index contributed by atoms with van der Waals surface area (Å²) < 4.78 is 20.1. The number of amides is 1. The molecule has 2 aromatic heterocycles. The molecule has 2 aromatic rings.